The van der Waals surface area contributed by atoms with Crippen LogP contribution in [-0.4, -0.2) is 50.5 Å². The van der Waals surface area contributed by atoms with Crippen LogP contribution < -0.4 is 4.74 Å². The fourth-order valence-corrected chi connectivity index (χ4v) is 5.84. The lowest BCUT2D eigenvalue weighted by Gasteiger charge is -2.48. The van der Waals surface area contributed by atoms with Gasteiger partial charge in [0.05, 0.1) is 6.54 Å². The first-order valence-electron chi connectivity index (χ1n) is 13.4. The molecule has 3 aromatic carbocycles. The van der Waals surface area contributed by atoms with Crippen molar-refractivity contribution >= 4 is 12.0 Å². The molecular formula is C32H30N4O4. The monoisotopic (exact) mass is 534 g/mol. The Balaban J connectivity index is 1.21. The van der Waals surface area contributed by atoms with Crippen LogP contribution in [-0.2, 0) is 16.8 Å². The Kier molecular flexibility index (Phi) is 6.67. The largest absolute Gasteiger partial charge is 0.457 e. The number of carbonyl (C=O) groups is 2. The highest BCUT2D eigenvalue weighted by Crippen LogP contribution is 2.52. The molecule has 40 heavy (non-hydrogen) atoms. The first kappa shape index (κ1) is 25.6. The molecule has 1 aromatic heterocycles. The highest BCUT2D eigenvalue weighted by molar-refractivity contribution is 5.94. The normalized spacial score (nSPS) is 19.9. The molecule has 8 heteroatoms. The summed E-state index contributed by atoms with van der Waals surface area (Å²) >= 11 is 0. The lowest BCUT2D eigenvalue weighted by Crippen LogP contribution is -2.58. The van der Waals surface area contributed by atoms with E-state index in [2.05, 4.69) is 16.9 Å². The standard InChI is InChI=1S/C32H30N4O4/c1-31(25-9-4-2-5-10-25)32(40-30(38)36(31)23-28-33-19-8-20-34-28)17-21-35(22-18-32)29(37)24-13-15-27(16-14-24)39-26-11-6-3-7-12-26/h2-16,19-20H,17-18,21-23H2,1H3. The van der Waals surface area contributed by atoms with Gasteiger partial charge in [0.2, 0.25) is 0 Å². The van der Waals surface area contributed by atoms with Gasteiger partial charge in [-0.2, -0.15) is 0 Å². The fraction of sp³-hybridized carbons (Fsp3) is 0.250. The summed E-state index contributed by atoms with van der Waals surface area (Å²) in [5.41, 5.74) is -0.000430. The number of ether oxygens (including phenoxy) is 2. The first-order valence-corrected chi connectivity index (χ1v) is 13.4. The van der Waals surface area contributed by atoms with Crippen molar-refractivity contribution in [3.8, 4) is 11.5 Å². The molecule has 2 saturated heterocycles. The second-order valence-corrected chi connectivity index (χ2v) is 10.3. The molecule has 6 rings (SSSR count). The predicted molar refractivity (Wildman–Crippen MR) is 149 cm³/mol. The van der Waals surface area contributed by atoms with Gasteiger partial charge in [-0.05, 0) is 55.0 Å². The van der Waals surface area contributed by atoms with E-state index in [1.807, 2.05) is 65.6 Å². The number of hydrogen-bond donors (Lipinski definition) is 0. The minimum atomic E-state index is -0.801. The Morgan fingerprint density at radius 1 is 0.850 bits per heavy atom. The lowest BCUT2D eigenvalue weighted by molar-refractivity contribution is -0.0553. The molecule has 202 valence electrons. The zero-order chi connectivity index (χ0) is 27.6. The molecule has 2 fully saturated rings. The third-order valence-corrected chi connectivity index (χ3v) is 8.12. The van der Waals surface area contributed by atoms with Gasteiger partial charge in [0.15, 0.2) is 0 Å². The molecule has 0 radical (unpaired) electrons. The molecule has 8 nitrogen and oxygen atoms in total. The van der Waals surface area contributed by atoms with Crippen LogP contribution in [0.5, 0.6) is 11.5 Å². The van der Waals surface area contributed by atoms with Crippen LogP contribution in [0.4, 0.5) is 4.79 Å². The number of rotatable bonds is 6. The average Bonchev–Trinajstić information content (AvgIpc) is 3.20. The van der Waals surface area contributed by atoms with Gasteiger partial charge in [-0.25, -0.2) is 14.8 Å². The summed E-state index contributed by atoms with van der Waals surface area (Å²) < 4.78 is 12.1. The minimum absolute atomic E-state index is 0.0543. The summed E-state index contributed by atoms with van der Waals surface area (Å²) in [5.74, 6) is 1.90. The zero-order valence-corrected chi connectivity index (χ0v) is 22.3. The molecule has 2 aliphatic heterocycles. The van der Waals surface area contributed by atoms with E-state index in [1.54, 1.807) is 47.6 Å². The van der Waals surface area contributed by atoms with Gasteiger partial charge in [-0.1, -0.05) is 48.5 Å². The van der Waals surface area contributed by atoms with Gasteiger partial charge in [-0.3, -0.25) is 9.69 Å². The zero-order valence-electron chi connectivity index (χ0n) is 22.3. The van der Waals surface area contributed by atoms with Crippen molar-refractivity contribution in [1.29, 1.82) is 0 Å². The minimum Gasteiger partial charge on any atom is -0.457 e. The van der Waals surface area contributed by atoms with Crippen molar-refractivity contribution in [1.82, 2.24) is 19.8 Å². The van der Waals surface area contributed by atoms with Gasteiger partial charge in [0.1, 0.15) is 28.5 Å². The van der Waals surface area contributed by atoms with Crippen molar-refractivity contribution in [2.24, 2.45) is 0 Å². The lowest BCUT2D eigenvalue weighted by atomic mass is 9.70. The van der Waals surface area contributed by atoms with E-state index >= 15 is 0 Å². The molecule has 1 spiro atoms. The van der Waals surface area contributed by atoms with Crippen LogP contribution in [0.25, 0.3) is 0 Å². The summed E-state index contributed by atoms with van der Waals surface area (Å²) in [6.07, 6.45) is 3.97. The Labute approximate surface area is 233 Å². The maximum Gasteiger partial charge on any atom is 0.411 e. The molecule has 1 atom stereocenters. The van der Waals surface area contributed by atoms with Crippen LogP contribution in [0.1, 0.15) is 41.5 Å². The second kappa shape index (κ2) is 10.4. The Morgan fingerprint density at radius 2 is 1.45 bits per heavy atom. The summed E-state index contributed by atoms with van der Waals surface area (Å²) in [6.45, 7) is 3.21. The molecule has 3 heterocycles. The van der Waals surface area contributed by atoms with Crippen LogP contribution in [0.15, 0.2) is 103 Å². The number of carbonyl (C=O) groups excluding carboxylic acids is 2. The van der Waals surface area contributed by atoms with Gasteiger partial charge in [0.25, 0.3) is 5.91 Å². The topological polar surface area (TPSA) is 84.9 Å². The number of likely N-dealkylation sites (tertiary alicyclic amines) is 1. The molecular weight excluding hydrogens is 504 g/mol. The average molecular weight is 535 g/mol. The van der Waals surface area contributed by atoms with Gasteiger partial charge in [-0.15, -0.1) is 0 Å². The molecule has 0 saturated carbocycles. The predicted octanol–water partition coefficient (Wildman–Crippen LogP) is 5.81. The first-order chi connectivity index (χ1) is 19.5. The Morgan fingerprint density at radius 3 is 2.10 bits per heavy atom. The highest BCUT2D eigenvalue weighted by Gasteiger charge is 2.64. The molecule has 0 bridgehead atoms. The van der Waals surface area contributed by atoms with Crippen LogP contribution in [0.3, 0.4) is 0 Å². The number of amides is 2. The van der Waals surface area contributed by atoms with Crippen molar-refractivity contribution in [3.05, 3.63) is 120 Å². The van der Waals surface area contributed by atoms with E-state index < -0.39 is 17.2 Å². The molecule has 0 N–H and O–H groups in total. The molecule has 0 aliphatic carbocycles. The van der Waals surface area contributed by atoms with Crippen molar-refractivity contribution in [3.63, 3.8) is 0 Å². The maximum atomic E-state index is 13.4. The van der Waals surface area contributed by atoms with Crippen LogP contribution >= 0.6 is 0 Å². The highest BCUT2D eigenvalue weighted by atomic mass is 16.6. The number of piperidine rings is 1. The van der Waals surface area contributed by atoms with E-state index in [0.29, 0.717) is 43.1 Å². The van der Waals surface area contributed by atoms with E-state index in [0.717, 1.165) is 11.3 Å². The number of nitrogens with zero attached hydrogens (tertiary/aromatic N) is 4. The van der Waals surface area contributed by atoms with Gasteiger partial charge in [0, 0.05) is 43.9 Å². The van der Waals surface area contributed by atoms with Crippen molar-refractivity contribution in [2.75, 3.05) is 13.1 Å². The van der Waals surface area contributed by atoms with E-state index in [9.17, 15) is 9.59 Å². The SMILES string of the molecule is CC1(c2ccccc2)N(Cc2ncccn2)C(=O)OC12CCN(C(=O)c1ccc(Oc3ccccc3)cc1)CC2. The Hall–Kier alpha value is -4.72. The van der Waals surface area contributed by atoms with Crippen molar-refractivity contribution < 1.29 is 19.1 Å². The summed E-state index contributed by atoms with van der Waals surface area (Å²) in [6, 6.07) is 28.4. The molecule has 1 unspecified atom stereocenters. The molecule has 2 aliphatic rings. The van der Waals surface area contributed by atoms with Crippen molar-refractivity contribution in [2.45, 2.75) is 37.5 Å². The maximum absolute atomic E-state index is 13.4. The smallest absolute Gasteiger partial charge is 0.411 e. The van der Waals surface area contributed by atoms with E-state index in [1.165, 1.54) is 0 Å². The number of para-hydroxylation sites is 1. The van der Waals surface area contributed by atoms with E-state index in [-0.39, 0.29) is 12.5 Å². The third-order valence-electron chi connectivity index (χ3n) is 8.12. The summed E-state index contributed by atoms with van der Waals surface area (Å²) in [7, 11) is 0. The van der Waals surface area contributed by atoms with Crippen LogP contribution in [0.2, 0.25) is 0 Å². The summed E-state index contributed by atoms with van der Waals surface area (Å²) in [4.78, 5) is 39.1. The number of aromatic nitrogens is 2. The Bertz CT molecular complexity index is 1470. The summed E-state index contributed by atoms with van der Waals surface area (Å²) in [5, 5.41) is 0. The molecule has 4 aromatic rings. The quantitative estimate of drug-likeness (QED) is 0.310. The second-order valence-electron chi connectivity index (χ2n) is 10.3. The third kappa shape index (κ3) is 4.55. The van der Waals surface area contributed by atoms with Gasteiger partial charge < -0.3 is 14.4 Å². The fourth-order valence-electron chi connectivity index (χ4n) is 5.84. The van der Waals surface area contributed by atoms with Crippen LogP contribution in [0, 0.1) is 0 Å². The molecule has 2 amide bonds. The van der Waals surface area contributed by atoms with Gasteiger partial charge >= 0.3 is 6.09 Å². The van der Waals surface area contributed by atoms with E-state index in [4.69, 9.17) is 9.47 Å². The number of hydrogen-bond acceptors (Lipinski definition) is 6. The number of benzene rings is 3.